The molecule has 1 aliphatic rings. The lowest BCUT2D eigenvalue weighted by Gasteiger charge is -2.32. The quantitative estimate of drug-likeness (QED) is 0.133. The highest BCUT2D eigenvalue weighted by Gasteiger charge is 2.64. The maximum atomic E-state index is 14.1. The number of benzene rings is 1. The fourth-order valence-corrected chi connectivity index (χ4v) is 4.30. The molecule has 1 saturated heterocycles. The molecule has 1 fully saturated rings. The third-order valence-corrected chi connectivity index (χ3v) is 6.17. The monoisotopic (exact) mass is 534 g/mol. The highest BCUT2D eigenvalue weighted by atomic mass is 19.4. The van der Waals surface area contributed by atoms with E-state index in [4.69, 9.17) is 18.9 Å². The van der Waals surface area contributed by atoms with Crippen LogP contribution < -0.4 is 0 Å². The number of hydrogen-bond donors (Lipinski definition) is 0. The van der Waals surface area contributed by atoms with Gasteiger partial charge in [0.05, 0.1) is 12.2 Å². The third-order valence-electron chi connectivity index (χ3n) is 6.17. The molecule has 38 heavy (non-hydrogen) atoms. The number of hydrogen-bond acceptors (Lipinski definition) is 5. The van der Waals surface area contributed by atoms with E-state index in [1.54, 1.807) is 0 Å². The Labute approximate surface area is 224 Å². The zero-order valence-corrected chi connectivity index (χ0v) is 22.5. The fraction of sp³-hybridized carbons (Fsp3) is 0.567. The van der Waals surface area contributed by atoms with Gasteiger partial charge in [0.2, 0.25) is 0 Å². The fourth-order valence-electron chi connectivity index (χ4n) is 4.30. The molecule has 0 saturated carbocycles. The van der Waals surface area contributed by atoms with Crippen LogP contribution in [-0.4, -0.2) is 43.4 Å². The van der Waals surface area contributed by atoms with Crippen LogP contribution >= 0.6 is 0 Å². The minimum atomic E-state index is -5.08. The predicted molar refractivity (Wildman–Crippen MR) is 139 cm³/mol. The van der Waals surface area contributed by atoms with E-state index in [1.165, 1.54) is 37.5 Å². The predicted octanol–water partition coefficient (Wildman–Crippen LogP) is 6.47. The van der Waals surface area contributed by atoms with E-state index in [9.17, 15) is 18.0 Å². The van der Waals surface area contributed by atoms with Crippen molar-refractivity contribution < 1.29 is 36.9 Å². The third kappa shape index (κ3) is 8.36. The average molecular weight is 535 g/mol. The average Bonchev–Trinajstić information content (AvgIpc) is 3.16. The van der Waals surface area contributed by atoms with Crippen molar-refractivity contribution in [3.8, 4) is 23.7 Å². The van der Waals surface area contributed by atoms with Gasteiger partial charge in [0.1, 0.15) is 0 Å². The summed E-state index contributed by atoms with van der Waals surface area (Å²) in [5, 5.41) is 0. The molecule has 1 aromatic rings. The molecular weight excluding hydrogens is 497 g/mol. The summed E-state index contributed by atoms with van der Waals surface area (Å²) in [5.74, 6) is 8.30. The Morgan fingerprint density at radius 1 is 1.11 bits per heavy atom. The molecule has 0 unspecified atom stereocenters. The smallest absolute Gasteiger partial charge is 0.432 e. The molecule has 0 bridgehead atoms. The minimum absolute atomic E-state index is 0.0710. The molecule has 1 aliphatic heterocycles. The van der Waals surface area contributed by atoms with Crippen molar-refractivity contribution >= 4 is 5.97 Å². The van der Waals surface area contributed by atoms with Gasteiger partial charge in [-0.05, 0) is 44.1 Å². The van der Waals surface area contributed by atoms with Crippen LogP contribution in [0.3, 0.4) is 0 Å². The van der Waals surface area contributed by atoms with E-state index in [0.717, 1.165) is 44.6 Å². The number of esters is 1. The summed E-state index contributed by atoms with van der Waals surface area (Å²) in [4.78, 5) is 12.8. The summed E-state index contributed by atoms with van der Waals surface area (Å²) in [6.45, 7) is 9.41. The highest BCUT2D eigenvalue weighted by Crippen LogP contribution is 2.43. The molecule has 0 amide bonds. The van der Waals surface area contributed by atoms with Gasteiger partial charge >= 0.3 is 12.1 Å². The van der Waals surface area contributed by atoms with Crippen LogP contribution in [0, 0.1) is 23.7 Å². The molecule has 0 spiro atoms. The van der Waals surface area contributed by atoms with E-state index in [-0.39, 0.29) is 12.2 Å². The van der Waals surface area contributed by atoms with Gasteiger partial charge in [-0.3, -0.25) is 0 Å². The van der Waals surface area contributed by atoms with Crippen LogP contribution in [0.1, 0.15) is 71.3 Å². The van der Waals surface area contributed by atoms with Gasteiger partial charge in [-0.2, -0.15) is 13.2 Å². The lowest BCUT2D eigenvalue weighted by molar-refractivity contribution is -0.276. The number of halogens is 3. The maximum absolute atomic E-state index is 14.1. The van der Waals surface area contributed by atoms with Crippen LogP contribution in [0.15, 0.2) is 43.0 Å². The molecule has 8 heteroatoms. The van der Waals surface area contributed by atoms with Gasteiger partial charge in [-0.25, -0.2) is 4.79 Å². The summed E-state index contributed by atoms with van der Waals surface area (Å²) in [7, 11) is 0.802. The van der Waals surface area contributed by atoms with Crippen molar-refractivity contribution in [2.24, 2.45) is 0 Å². The van der Waals surface area contributed by atoms with Crippen LogP contribution in [0.2, 0.25) is 0 Å². The Balaban J connectivity index is 2.05. The number of rotatable bonds is 12. The SMILES string of the molecule is C=C[C@H](C#CC#CC[C@@H]1OC(C)(C)O[C@H]1CCCCCCC)OC(=O)[C@](OC)(c1ccccc1)C(F)(F)F. The topological polar surface area (TPSA) is 54.0 Å². The summed E-state index contributed by atoms with van der Waals surface area (Å²) in [5.41, 5.74) is -3.71. The summed E-state index contributed by atoms with van der Waals surface area (Å²) < 4.78 is 64.0. The Morgan fingerprint density at radius 2 is 1.76 bits per heavy atom. The zero-order valence-electron chi connectivity index (χ0n) is 22.5. The first kappa shape index (κ1) is 31.4. The van der Waals surface area contributed by atoms with E-state index in [1.807, 2.05) is 13.8 Å². The van der Waals surface area contributed by atoms with Crippen molar-refractivity contribution in [2.75, 3.05) is 7.11 Å². The number of carbonyl (C=O) groups is 1. The van der Waals surface area contributed by atoms with Crippen molar-refractivity contribution in [3.05, 3.63) is 48.6 Å². The number of unbranched alkanes of at least 4 members (excludes halogenated alkanes) is 4. The molecule has 4 atom stereocenters. The van der Waals surface area contributed by atoms with E-state index in [2.05, 4.69) is 37.2 Å². The molecule has 0 aliphatic carbocycles. The van der Waals surface area contributed by atoms with Gasteiger partial charge in [-0.15, -0.1) is 0 Å². The van der Waals surface area contributed by atoms with Crippen LogP contribution in [-0.2, 0) is 29.3 Å². The maximum Gasteiger partial charge on any atom is 0.432 e. The zero-order chi connectivity index (χ0) is 28.2. The van der Waals surface area contributed by atoms with Crippen molar-refractivity contribution in [1.82, 2.24) is 0 Å². The number of alkyl halides is 3. The molecule has 0 N–H and O–H groups in total. The first-order valence-electron chi connectivity index (χ1n) is 12.9. The Kier molecular flexibility index (Phi) is 11.9. The number of carbonyl (C=O) groups excluding carboxylic acids is 1. The molecule has 208 valence electrons. The van der Waals surface area contributed by atoms with E-state index < -0.39 is 35.2 Å². The first-order valence-corrected chi connectivity index (χ1v) is 12.9. The standard InChI is InChI=1S/C30H37F3O5/c1-6-8-9-10-16-21-25-26(38-28(3,4)37-25)22-17-12-15-20-24(7-2)36-27(34)29(35-5,30(31,32)33)23-18-13-11-14-19-23/h7,11,13-14,18-19,24-26H,2,6,8-10,16,21-22H2,1,3-5H3/t24-,25+,26+,29-/m1/s1. The van der Waals surface area contributed by atoms with Crippen molar-refractivity contribution in [1.29, 1.82) is 0 Å². The summed E-state index contributed by atoms with van der Waals surface area (Å²) >= 11 is 0. The van der Waals surface area contributed by atoms with Gasteiger partial charge in [-0.1, -0.05) is 81.9 Å². The van der Waals surface area contributed by atoms with E-state index >= 15 is 0 Å². The molecule has 1 aromatic carbocycles. The Morgan fingerprint density at radius 3 is 2.37 bits per heavy atom. The van der Waals surface area contributed by atoms with Gasteiger partial charge in [0.15, 0.2) is 11.9 Å². The van der Waals surface area contributed by atoms with Crippen molar-refractivity contribution in [3.63, 3.8) is 0 Å². The second-order valence-corrected chi connectivity index (χ2v) is 9.50. The Bertz CT molecular complexity index is 1030. The second-order valence-electron chi connectivity index (χ2n) is 9.50. The molecule has 2 rings (SSSR count). The second kappa shape index (κ2) is 14.4. The van der Waals surface area contributed by atoms with Crippen molar-refractivity contribution in [2.45, 2.75) is 102 Å². The van der Waals surface area contributed by atoms with Crippen LogP contribution in [0.5, 0.6) is 0 Å². The molecule has 0 aromatic heterocycles. The number of methoxy groups -OCH3 is 1. The van der Waals surface area contributed by atoms with Crippen LogP contribution in [0.25, 0.3) is 0 Å². The normalized spacial score (nSPS) is 20.7. The molecule has 1 heterocycles. The minimum Gasteiger partial charge on any atom is -0.442 e. The lowest BCUT2D eigenvalue weighted by atomic mass is 9.92. The first-order chi connectivity index (χ1) is 18.0. The molecular formula is C30H37F3O5. The lowest BCUT2D eigenvalue weighted by Crippen LogP contribution is -2.52. The molecule has 0 radical (unpaired) electrons. The molecule has 5 nitrogen and oxygen atoms in total. The van der Waals surface area contributed by atoms with E-state index in [0.29, 0.717) is 6.42 Å². The van der Waals surface area contributed by atoms with Gasteiger partial charge in [0.25, 0.3) is 5.60 Å². The largest absolute Gasteiger partial charge is 0.442 e. The summed E-state index contributed by atoms with van der Waals surface area (Å²) in [6, 6.07) is 6.57. The van der Waals surface area contributed by atoms with Crippen LogP contribution in [0.4, 0.5) is 13.2 Å². The highest BCUT2D eigenvalue weighted by molar-refractivity contribution is 5.83. The van der Waals surface area contributed by atoms with Gasteiger partial charge < -0.3 is 18.9 Å². The Hall–Kier alpha value is -2.78. The van der Waals surface area contributed by atoms with Gasteiger partial charge in [0, 0.05) is 19.1 Å². The summed E-state index contributed by atoms with van der Waals surface area (Å²) in [6.07, 6.45) is 1.49. The number of ether oxygens (including phenoxy) is 4.